The maximum atomic E-state index is 12.9. The van der Waals surface area contributed by atoms with Crippen LogP contribution < -0.4 is 4.80 Å². The Morgan fingerprint density at radius 1 is 1.15 bits per heavy atom. The monoisotopic (exact) mass is 521 g/mol. The standard InChI is InChI=1S/C23H27N3O5S3/c1-2-31-22(27)6-3-11-26-20(21-5-4-16-32-21)17-33-23(26)24-18-7-9-19(10-8-18)34(28,29)25-12-14-30-15-13-25/h4-5,7-10,16-17H,2-3,6,11-15H2,1H3. The first-order valence-electron chi connectivity index (χ1n) is 11.1. The minimum atomic E-state index is -3.54. The number of thiophene rings is 1. The van der Waals surface area contributed by atoms with E-state index in [2.05, 4.69) is 16.0 Å². The summed E-state index contributed by atoms with van der Waals surface area (Å²) >= 11 is 3.17. The van der Waals surface area contributed by atoms with Crippen molar-refractivity contribution in [2.75, 3.05) is 32.9 Å². The molecule has 3 aromatic rings. The van der Waals surface area contributed by atoms with Crippen LogP contribution in [0.3, 0.4) is 0 Å². The largest absolute Gasteiger partial charge is 0.466 e. The third-order valence-electron chi connectivity index (χ3n) is 5.31. The summed E-state index contributed by atoms with van der Waals surface area (Å²) in [6, 6.07) is 10.7. The Balaban J connectivity index is 1.58. The SMILES string of the molecule is CCOC(=O)CCCn1c(-c2cccs2)csc1=Nc1ccc(S(=O)(=O)N2CCOCC2)cc1. The van der Waals surface area contributed by atoms with Gasteiger partial charge in [0.15, 0.2) is 4.80 Å². The van der Waals surface area contributed by atoms with Crippen LogP contribution in [0.2, 0.25) is 0 Å². The van der Waals surface area contributed by atoms with Crippen LogP contribution in [0.4, 0.5) is 5.69 Å². The van der Waals surface area contributed by atoms with Gasteiger partial charge in [0.2, 0.25) is 10.0 Å². The number of ether oxygens (including phenoxy) is 2. The summed E-state index contributed by atoms with van der Waals surface area (Å²) in [5.74, 6) is -0.202. The maximum Gasteiger partial charge on any atom is 0.305 e. The van der Waals surface area contributed by atoms with Gasteiger partial charge in [-0.05, 0) is 49.1 Å². The summed E-state index contributed by atoms with van der Waals surface area (Å²) in [4.78, 5) is 18.7. The average Bonchev–Trinajstić information content (AvgIpc) is 3.51. The molecule has 1 aliphatic rings. The molecule has 3 heterocycles. The molecule has 0 unspecified atom stereocenters. The van der Waals surface area contributed by atoms with Crippen LogP contribution in [0.5, 0.6) is 0 Å². The number of sulfonamides is 1. The molecule has 0 aliphatic carbocycles. The molecule has 0 bridgehead atoms. The highest BCUT2D eigenvalue weighted by atomic mass is 32.2. The fourth-order valence-electron chi connectivity index (χ4n) is 3.61. The van der Waals surface area contributed by atoms with E-state index in [9.17, 15) is 13.2 Å². The van der Waals surface area contributed by atoms with Crippen LogP contribution in [0.1, 0.15) is 19.8 Å². The van der Waals surface area contributed by atoms with Gasteiger partial charge in [0.25, 0.3) is 0 Å². The van der Waals surface area contributed by atoms with Gasteiger partial charge in [0.1, 0.15) is 0 Å². The van der Waals surface area contributed by atoms with Crippen molar-refractivity contribution in [2.45, 2.75) is 31.2 Å². The predicted molar refractivity (Wildman–Crippen MR) is 133 cm³/mol. The van der Waals surface area contributed by atoms with Crippen molar-refractivity contribution in [1.82, 2.24) is 8.87 Å². The molecule has 1 saturated heterocycles. The minimum Gasteiger partial charge on any atom is -0.466 e. The Morgan fingerprint density at radius 3 is 2.59 bits per heavy atom. The van der Waals surface area contributed by atoms with Crippen LogP contribution in [0.25, 0.3) is 10.6 Å². The zero-order chi connectivity index (χ0) is 24.0. The minimum absolute atomic E-state index is 0.202. The smallest absolute Gasteiger partial charge is 0.305 e. The van der Waals surface area contributed by atoms with Crippen molar-refractivity contribution in [3.63, 3.8) is 0 Å². The first-order valence-corrected chi connectivity index (χ1v) is 14.3. The number of carbonyl (C=O) groups excluding carboxylic acids is 1. The lowest BCUT2D eigenvalue weighted by Crippen LogP contribution is -2.40. The lowest BCUT2D eigenvalue weighted by molar-refractivity contribution is -0.143. The Labute approximate surface area is 207 Å². The Kier molecular flexibility index (Phi) is 8.32. The number of carbonyl (C=O) groups is 1. The van der Waals surface area contributed by atoms with E-state index in [1.165, 1.54) is 15.6 Å². The Morgan fingerprint density at radius 2 is 1.91 bits per heavy atom. The van der Waals surface area contributed by atoms with Crippen LogP contribution in [0.15, 0.2) is 57.0 Å². The fraction of sp³-hybridized carbons (Fsp3) is 0.391. The van der Waals surface area contributed by atoms with Crippen LogP contribution in [0, 0.1) is 0 Å². The van der Waals surface area contributed by atoms with E-state index >= 15 is 0 Å². The number of nitrogens with zero attached hydrogens (tertiary/aromatic N) is 3. The van der Waals surface area contributed by atoms with Crippen LogP contribution >= 0.6 is 22.7 Å². The van der Waals surface area contributed by atoms with Crippen molar-refractivity contribution in [2.24, 2.45) is 4.99 Å². The van der Waals surface area contributed by atoms with Crippen molar-refractivity contribution >= 4 is 44.4 Å². The van der Waals surface area contributed by atoms with Crippen molar-refractivity contribution in [1.29, 1.82) is 0 Å². The summed E-state index contributed by atoms with van der Waals surface area (Å²) in [6.45, 7) is 4.35. The van der Waals surface area contributed by atoms with E-state index in [4.69, 9.17) is 14.5 Å². The van der Waals surface area contributed by atoms with Gasteiger partial charge in [-0.25, -0.2) is 13.4 Å². The van der Waals surface area contributed by atoms with Gasteiger partial charge in [-0.3, -0.25) is 4.79 Å². The van der Waals surface area contributed by atoms with E-state index < -0.39 is 10.0 Å². The van der Waals surface area contributed by atoms with E-state index in [0.29, 0.717) is 58.0 Å². The average molecular weight is 522 g/mol. The molecular formula is C23H27N3O5S3. The second-order valence-corrected chi connectivity index (χ2v) is 11.3. The third-order valence-corrected chi connectivity index (χ3v) is 8.98. The second kappa shape index (κ2) is 11.4. The molecule has 0 spiro atoms. The van der Waals surface area contributed by atoms with Crippen LogP contribution in [-0.2, 0) is 30.8 Å². The first-order chi connectivity index (χ1) is 16.5. The molecular weight excluding hydrogens is 494 g/mol. The molecule has 0 amide bonds. The van der Waals surface area contributed by atoms with Gasteiger partial charge < -0.3 is 14.0 Å². The van der Waals surface area contributed by atoms with Gasteiger partial charge in [-0.2, -0.15) is 4.31 Å². The number of hydrogen-bond acceptors (Lipinski definition) is 8. The number of morpholine rings is 1. The molecule has 182 valence electrons. The van der Waals surface area contributed by atoms with E-state index in [1.54, 1.807) is 42.5 Å². The quantitative estimate of drug-likeness (QED) is 0.399. The van der Waals surface area contributed by atoms with Crippen LogP contribution in [-0.4, -0.2) is 56.2 Å². The van der Waals surface area contributed by atoms with Gasteiger partial charge >= 0.3 is 5.97 Å². The molecule has 0 saturated carbocycles. The normalized spacial score (nSPS) is 15.5. The van der Waals surface area contributed by atoms with Crippen molar-refractivity contribution in [3.05, 3.63) is 52.0 Å². The van der Waals surface area contributed by atoms with E-state index in [-0.39, 0.29) is 10.9 Å². The molecule has 1 aromatic carbocycles. The van der Waals surface area contributed by atoms with Gasteiger partial charge in [-0.1, -0.05) is 6.07 Å². The summed E-state index contributed by atoms with van der Waals surface area (Å²) < 4.78 is 39.6. The second-order valence-electron chi connectivity index (χ2n) is 7.56. The number of hydrogen-bond donors (Lipinski definition) is 0. The number of thiazole rings is 1. The molecule has 34 heavy (non-hydrogen) atoms. The zero-order valence-electron chi connectivity index (χ0n) is 18.9. The Bertz CT molecular complexity index is 1260. The number of rotatable bonds is 9. The predicted octanol–water partition coefficient (Wildman–Crippen LogP) is 3.87. The number of aromatic nitrogens is 1. The number of benzene rings is 1. The maximum absolute atomic E-state index is 12.9. The molecule has 0 radical (unpaired) electrons. The molecule has 4 rings (SSSR count). The first kappa shape index (κ1) is 24.8. The molecule has 11 heteroatoms. The molecule has 0 atom stereocenters. The van der Waals surface area contributed by atoms with E-state index in [1.807, 2.05) is 11.4 Å². The lowest BCUT2D eigenvalue weighted by Gasteiger charge is -2.26. The highest BCUT2D eigenvalue weighted by Crippen LogP contribution is 2.26. The van der Waals surface area contributed by atoms with E-state index in [0.717, 1.165) is 15.4 Å². The number of esters is 1. The fourth-order valence-corrected chi connectivity index (χ4v) is 6.79. The lowest BCUT2D eigenvalue weighted by atomic mass is 10.3. The highest BCUT2D eigenvalue weighted by molar-refractivity contribution is 7.89. The van der Waals surface area contributed by atoms with Gasteiger partial charge in [-0.15, -0.1) is 22.7 Å². The summed E-state index contributed by atoms with van der Waals surface area (Å²) in [6.07, 6.45) is 0.978. The summed E-state index contributed by atoms with van der Waals surface area (Å²) in [5.41, 5.74) is 1.72. The highest BCUT2D eigenvalue weighted by Gasteiger charge is 2.26. The van der Waals surface area contributed by atoms with Gasteiger partial charge in [0, 0.05) is 31.4 Å². The topological polar surface area (TPSA) is 90.2 Å². The zero-order valence-corrected chi connectivity index (χ0v) is 21.3. The molecule has 1 aliphatic heterocycles. The Hall–Kier alpha value is -2.31. The van der Waals surface area contributed by atoms with Crippen molar-refractivity contribution < 1.29 is 22.7 Å². The molecule has 8 nitrogen and oxygen atoms in total. The molecule has 1 fully saturated rings. The molecule has 0 N–H and O–H groups in total. The molecule has 2 aromatic heterocycles. The van der Waals surface area contributed by atoms with Gasteiger partial charge in [0.05, 0.1) is 41.0 Å². The third kappa shape index (κ3) is 5.84. The summed E-state index contributed by atoms with van der Waals surface area (Å²) in [7, 11) is -3.54. The summed E-state index contributed by atoms with van der Waals surface area (Å²) in [5, 5.41) is 4.09. The van der Waals surface area contributed by atoms with Crippen molar-refractivity contribution in [3.8, 4) is 10.6 Å².